The fraction of sp³-hybridized carbons (Fsp3) is 0.259. The molecule has 3 aromatic carbocycles. The van der Waals surface area contributed by atoms with Gasteiger partial charge in [0.05, 0.1) is 0 Å². The van der Waals surface area contributed by atoms with Crippen LogP contribution in [0, 0.1) is 0 Å². The smallest absolute Gasteiger partial charge is 0.261 e. The average molecular weight is 544 g/mol. The summed E-state index contributed by atoms with van der Waals surface area (Å²) in [6.07, 6.45) is 1.19. The molecule has 0 fully saturated rings. The number of hydrogen-bond donors (Lipinski definition) is 1. The van der Waals surface area contributed by atoms with Crippen molar-refractivity contribution in [1.29, 1.82) is 0 Å². The lowest BCUT2D eigenvalue weighted by Gasteiger charge is -2.31. The van der Waals surface area contributed by atoms with Crippen LogP contribution in [0.2, 0.25) is 5.02 Å². The van der Waals surface area contributed by atoms with Crippen LogP contribution in [-0.2, 0) is 22.6 Å². The first-order valence-corrected chi connectivity index (χ1v) is 12.4. The highest BCUT2D eigenvalue weighted by Gasteiger charge is 2.30. The highest BCUT2D eigenvalue weighted by Crippen LogP contribution is 2.19. The van der Waals surface area contributed by atoms with Crippen molar-refractivity contribution in [3.8, 4) is 5.75 Å². The molecular formula is C27H28BrClN2O3. The lowest BCUT2D eigenvalue weighted by Crippen LogP contribution is -2.51. The molecule has 0 spiro atoms. The summed E-state index contributed by atoms with van der Waals surface area (Å²) in [6, 6.07) is 23.6. The van der Waals surface area contributed by atoms with E-state index >= 15 is 0 Å². The number of ether oxygens (including phenoxy) is 1. The van der Waals surface area contributed by atoms with Gasteiger partial charge in [-0.3, -0.25) is 9.59 Å². The molecule has 0 unspecified atom stereocenters. The Morgan fingerprint density at radius 3 is 2.38 bits per heavy atom. The number of carbonyl (C=O) groups is 2. The van der Waals surface area contributed by atoms with Crippen molar-refractivity contribution in [2.24, 2.45) is 0 Å². The minimum absolute atomic E-state index is 0.186. The number of benzene rings is 3. The van der Waals surface area contributed by atoms with Crippen molar-refractivity contribution in [3.05, 3.63) is 99.5 Å². The molecule has 0 saturated carbocycles. The molecule has 0 radical (unpaired) electrons. The molecule has 0 aliphatic heterocycles. The third-order valence-electron chi connectivity index (χ3n) is 5.24. The zero-order valence-electron chi connectivity index (χ0n) is 19.0. The topological polar surface area (TPSA) is 58.6 Å². The molecule has 0 aliphatic rings. The highest BCUT2D eigenvalue weighted by molar-refractivity contribution is 9.10. The van der Waals surface area contributed by atoms with Gasteiger partial charge in [0.25, 0.3) is 5.91 Å². The number of nitrogens with one attached hydrogen (secondary N) is 1. The van der Waals surface area contributed by atoms with Crippen molar-refractivity contribution < 1.29 is 14.3 Å². The lowest BCUT2D eigenvalue weighted by atomic mass is 10.0. The first-order valence-electron chi connectivity index (χ1n) is 11.2. The number of nitrogens with zero attached hydrogens (tertiary/aromatic N) is 1. The van der Waals surface area contributed by atoms with Crippen molar-refractivity contribution in [3.63, 3.8) is 0 Å². The number of rotatable bonds is 11. The third kappa shape index (κ3) is 7.89. The second kappa shape index (κ2) is 13.2. The predicted molar refractivity (Wildman–Crippen MR) is 139 cm³/mol. The van der Waals surface area contributed by atoms with Gasteiger partial charge in [0.15, 0.2) is 6.61 Å². The molecule has 0 aliphatic carbocycles. The number of carbonyl (C=O) groups excluding carboxylic acids is 2. The van der Waals surface area contributed by atoms with Crippen molar-refractivity contribution in [2.45, 2.75) is 32.4 Å². The summed E-state index contributed by atoms with van der Waals surface area (Å²) in [5, 5.41) is 3.54. The molecule has 7 heteroatoms. The Hall–Kier alpha value is -2.83. The van der Waals surface area contributed by atoms with Gasteiger partial charge < -0.3 is 15.0 Å². The Balaban J connectivity index is 1.88. The molecule has 2 amide bonds. The molecule has 0 saturated heterocycles. The quantitative estimate of drug-likeness (QED) is 0.340. The van der Waals surface area contributed by atoms with Crippen molar-refractivity contribution in [2.75, 3.05) is 13.2 Å². The number of amides is 2. The van der Waals surface area contributed by atoms with Gasteiger partial charge in [-0.25, -0.2) is 0 Å². The van der Waals surface area contributed by atoms with Crippen LogP contribution in [0.4, 0.5) is 0 Å². The van der Waals surface area contributed by atoms with E-state index in [1.54, 1.807) is 29.2 Å². The van der Waals surface area contributed by atoms with Crippen LogP contribution in [0.1, 0.15) is 24.5 Å². The third-order valence-corrected chi connectivity index (χ3v) is 6.00. The molecule has 0 bridgehead atoms. The summed E-state index contributed by atoms with van der Waals surface area (Å²) in [5.41, 5.74) is 1.81. The van der Waals surface area contributed by atoms with Crippen LogP contribution in [0.25, 0.3) is 0 Å². The van der Waals surface area contributed by atoms with E-state index in [0.29, 0.717) is 23.7 Å². The summed E-state index contributed by atoms with van der Waals surface area (Å²) in [4.78, 5) is 28.3. The molecule has 5 nitrogen and oxygen atoms in total. The van der Waals surface area contributed by atoms with E-state index in [4.69, 9.17) is 16.3 Å². The normalized spacial score (nSPS) is 11.5. The molecule has 3 aromatic rings. The predicted octanol–water partition coefficient (Wildman–Crippen LogP) is 5.65. The van der Waals surface area contributed by atoms with Crippen molar-refractivity contribution >= 4 is 39.3 Å². The molecule has 3 rings (SSSR count). The van der Waals surface area contributed by atoms with Crippen LogP contribution < -0.4 is 10.1 Å². The summed E-state index contributed by atoms with van der Waals surface area (Å²) < 4.78 is 6.68. The SMILES string of the molecule is CCCNC(=O)[C@H](Cc1ccccc1)N(Cc1cccc(Cl)c1)C(=O)COc1ccc(Br)cc1. The van der Waals surface area contributed by atoms with Crippen LogP contribution in [0.15, 0.2) is 83.3 Å². The van der Waals surface area contributed by atoms with E-state index in [9.17, 15) is 9.59 Å². The van der Waals surface area contributed by atoms with Gasteiger partial charge in [0, 0.05) is 29.0 Å². The van der Waals surface area contributed by atoms with E-state index in [1.807, 2.05) is 61.5 Å². The molecule has 1 N–H and O–H groups in total. The Bertz CT molecular complexity index is 1080. The Morgan fingerprint density at radius 1 is 1.00 bits per heavy atom. The fourth-order valence-corrected chi connectivity index (χ4v) is 3.99. The molecule has 1 atom stereocenters. The lowest BCUT2D eigenvalue weighted by molar-refractivity contribution is -0.142. The van der Waals surface area contributed by atoms with Crippen molar-refractivity contribution in [1.82, 2.24) is 10.2 Å². The van der Waals surface area contributed by atoms with Crippen LogP contribution in [0.3, 0.4) is 0 Å². The largest absolute Gasteiger partial charge is 0.484 e. The van der Waals surface area contributed by atoms with Crippen LogP contribution in [0.5, 0.6) is 5.75 Å². The molecular weight excluding hydrogens is 516 g/mol. The zero-order chi connectivity index (χ0) is 24.3. The van der Waals surface area contributed by atoms with Gasteiger partial charge in [-0.15, -0.1) is 0 Å². The van der Waals surface area contributed by atoms with Gasteiger partial charge in [0.1, 0.15) is 11.8 Å². The second-order valence-electron chi connectivity index (χ2n) is 7.89. The van der Waals surface area contributed by atoms with E-state index < -0.39 is 6.04 Å². The Morgan fingerprint density at radius 2 is 1.71 bits per heavy atom. The summed E-state index contributed by atoms with van der Waals surface area (Å²) in [5.74, 6) is 0.106. The molecule has 0 heterocycles. The van der Waals surface area contributed by atoms with Gasteiger partial charge >= 0.3 is 0 Å². The first kappa shape index (κ1) is 25.8. The minimum atomic E-state index is -0.700. The summed E-state index contributed by atoms with van der Waals surface area (Å²) in [6.45, 7) is 2.58. The van der Waals surface area contributed by atoms with E-state index in [2.05, 4.69) is 21.2 Å². The van der Waals surface area contributed by atoms with E-state index in [0.717, 1.165) is 22.0 Å². The Kier molecular flexibility index (Phi) is 9.98. The van der Waals surface area contributed by atoms with Gasteiger partial charge in [-0.2, -0.15) is 0 Å². The first-order chi connectivity index (χ1) is 16.5. The molecule has 178 valence electrons. The average Bonchev–Trinajstić information content (AvgIpc) is 2.85. The maximum Gasteiger partial charge on any atom is 0.261 e. The number of hydrogen-bond acceptors (Lipinski definition) is 3. The molecule has 34 heavy (non-hydrogen) atoms. The molecule has 0 aromatic heterocycles. The summed E-state index contributed by atoms with van der Waals surface area (Å²) >= 11 is 9.58. The van der Waals surface area contributed by atoms with Gasteiger partial charge in [-0.1, -0.05) is 76.9 Å². The van der Waals surface area contributed by atoms with Gasteiger partial charge in [-0.05, 0) is 53.9 Å². The van der Waals surface area contributed by atoms with Crippen LogP contribution >= 0.6 is 27.5 Å². The van der Waals surface area contributed by atoms with E-state index in [1.165, 1.54) is 0 Å². The zero-order valence-corrected chi connectivity index (χ0v) is 21.4. The van der Waals surface area contributed by atoms with E-state index in [-0.39, 0.29) is 25.0 Å². The standard InChI is InChI=1S/C27H28BrClN2O3/c1-2-15-30-27(33)25(17-20-7-4-3-5-8-20)31(18-21-9-6-10-23(29)16-21)26(32)19-34-24-13-11-22(28)12-14-24/h3-14,16,25H,2,15,17-19H2,1H3,(H,30,33)/t25-/m0/s1. The fourth-order valence-electron chi connectivity index (χ4n) is 3.51. The second-order valence-corrected chi connectivity index (χ2v) is 9.24. The highest BCUT2D eigenvalue weighted by atomic mass is 79.9. The summed E-state index contributed by atoms with van der Waals surface area (Å²) in [7, 11) is 0. The monoisotopic (exact) mass is 542 g/mol. The Labute approximate surface area is 214 Å². The number of halogens is 2. The minimum Gasteiger partial charge on any atom is -0.484 e. The van der Waals surface area contributed by atoms with Gasteiger partial charge in [0.2, 0.25) is 5.91 Å². The maximum absolute atomic E-state index is 13.5. The maximum atomic E-state index is 13.5. The van der Waals surface area contributed by atoms with Crippen LogP contribution in [-0.4, -0.2) is 35.9 Å².